The van der Waals surface area contributed by atoms with E-state index in [4.69, 9.17) is 0 Å². The summed E-state index contributed by atoms with van der Waals surface area (Å²) >= 11 is 1.41. The molecule has 3 rings (SSSR count). The van der Waals surface area contributed by atoms with Crippen molar-refractivity contribution < 1.29 is 4.39 Å². The van der Waals surface area contributed by atoms with Crippen LogP contribution in [0.4, 0.5) is 16.0 Å². The Kier molecular flexibility index (Phi) is 3.26. The Labute approximate surface area is 117 Å². The minimum Gasteiger partial charge on any atom is -0.324 e. The maximum Gasteiger partial charge on any atom is 0.280 e. The van der Waals surface area contributed by atoms with Gasteiger partial charge in [0.05, 0.1) is 4.88 Å². The Balaban J connectivity index is 1.89. The Morgan fingerprint density at radius 3 is 2.80 bits per heavy atom. The molecule has 0 amide bonds. The minimum absolute atomic E-state index is 0.168. The Hall–Kier alpha value is -2.54. The molecular formula is C13H9FN4OS. The molecule has 2 N–H and O–H groups in total. The monoisotopic (exact) mass is 288 g/mol. The van der Waals surface area contributed by atoms with Crippen molar-refractivity contribution in [2.75, 3.05) is 5.32 Å². The second kappa shape index (κ2) is 5.22. The molecule has 0 radical (unpaired) electrons. The van der Waals surface area contributed by atoms with Crippen molar-refractivity contribution in [1.82, 2.24) is 15.2 Å². The molecule has 0 fully saturated rings. The molecule has 0 unspecified atom stereocenters. The second-order valence-electron chi connectivity index (χ2n) is 3.96. The topological polar surface area (TPSA) is 70.7 Å². The average Bonchev–Trinajstić information content (AvgIpc) is 2.92. The van der Waals surface area contributed by atoms with Gasteiger partial charge in [-0.05, 0) is 29.6 Å². The molecule has 0 aliphatic heterocycles. The normalized spacial score (nSPS) is 10.4. The van der Waals surface area contributed by atoms with Crippen molar-refractivity contribution in [1.29, 1.82) is 0 Å². The maximum atomic E-state index is 13.1. The fourth-order valence-corrected chi connectivity index (χ4v) is 2.38. The van der Waals surface area contributed by atoms with E-state index in [1.54, 1.807) is 18.2 Å². The number of rotatable bonds is 3. The molecule has 0 aliphatic rings. The van der Waals surface area contributed by atoms with Crippen LogP contribution in [0.1, 0.15) is 0 Å². The number of halogens is 1. The summed E-state index contributed by atoms with van der Waals surface area (Å²) in [5.74, 6) is -0.207. The third-order valence-electron chi connectivity index (χ3n) is 2.54. The maximum absolute atomic E-state index is 13.1. The van der Waals surface area contributed by atoms with Crippen molar-refractivity contribution in [3.05, 3.63) is 57.9 Å². The number of hydrogen-bond acceptors (Lipinski definition) is 5. The summed E-state index contributed by atoms with van der Waals surface area (Å²) in [6, 6.07) is 9.48. The molecule has 20 heavy (non-hydrogen) atoms. The first-order valence-electron chi connectivity index (χ1n) is 5.76. The van der Waals surface area contributed by atoms with Crippen molar-refractivity contribution in [2.24, 2.45) is 0 Å². The van der Waals surface area contributed by atoms with E-state index in [2.05, 4.69) is 20.5 Å². The van der Waals surface area contributed by atoms with Gasteiger partial charge in [0.25, 0.3) is 5.56 Å². The number of nitrogens with zero attached hydrogens (tertiary/aromatic N) is 2. The number of aromatic amines is 1. The molecular weight excluding hydrogens is 279 g/mol. The van der Waals surface area contributed by atoms with E-state index < -0.39 is 0 Å². The lowest BCUT2D eigenvalue weighted by molar-refractivity contribution is 0.628. The van der Waals surface area contributed by atoms with Gasteiger partial charge in [0.2, 0.25) is 5.95 Å². The summed E-state index contributed by atoms with van der Waals surface area (Å²) in [7, 11) is 0. The molecule has 5 nitrogen and oxygen atoms in total. The zero-order valence-electron chi connectivity index (χ0n) is 10.1. The van der Waals surface area contributed by atoms with Gasteiger partial charge < -0.3 is 5.32 Å². The summed E-state index contributed by atoms with van der Waals surface area (Å²) in [5, 5.41) is 12.4. The molecule has 0 atom stereocenters. The largest absolute Gasteiger partial charge is 0.324 e. The number of anilines is 2. The van der Waals surface area contributed by atoms with Gasteiger partial charge in [0.1, 0.15) is 5.82 Å². The van der Waals surface area contributed by atoms with Gasteiger partial charge in [-0.3, -0.25) is 9.78 Å². The van der Waals surface area contributed by atoms with E-state index in [9.17, 15) is 9.18 Å². The number of H-pyrrole nitrogens is 1. The first-order valence-corrected chi connectivity index (χ1v) is 6.64. The van der Waals surface area contributed by atoms with Crippen molar-refractivity contribution >= 4 is 23.0 Å². The predicted molar refractivity (Wildman–Crippen MR) is 75.6 cm³/mol. The molecule has 0 saturated carbocycles. The lowest BCUT2D eigenvalue weighted by Crippen LogP contribution is -2.15. The van der Waals surface area contributed by atoms with E-state index in [0.717, 1.165) is 4.88 Å². The highest BCUT2D eigenvalue weighted by molar-refractivity contribution is 7.13. The molecule has 0 saturated heterocycles. The molecule has 1 aromatic carbocycles. The van der Waals surface area contributed by atoms with E-state index >= 15 is 0 Å². The van der Waals surface area contributed by atoms with Crippen LogP contribution in [-0.4, -0.2) is 15.2 Å². The number of hydrogen-bond donors (Lipinski definition) is 2. The average molecular weight is 288 g/mol. The third kappa shape index (κ3) is 2.57. The van der Waals surface area contributed by atoms with Gasteiger partial charge in [-0.1, -0.05) is 12.1 Å². The number of benzene rings is 1. The van der Waals surface area contributed by atoms with E-state index in [-0.39, 0.29) is 23.0 Å². The quantitative estimate of drug-likeness (QED) is 0.777. The minimum atomic E-state index is -0.375. The van der Waals surface area contributed by atoms with Crippen molar-refractivity contribution in [3.63, 3.8) is 0 Å². The molecule has 0 bridgehead atoms. The third-order valence-corrected chi connectivity index (χ3v) is 3.42. The summed E-state index contributed by atoms with van der Waals surface area (Å²) in [4.78, 5) is 15.3. The van der Waals surface area contributed by atoms with Gasteiger partial charge in [0.15, 0.2) is 5.69 Å². The first-order chi connectivity index (χ1) is 9.72. The number of thiophene rings is 1. The first kappa shape index (κ1) is 12.5. The summed E-state index contributed by atoms with van der Waals surface area (Å²) in [5.41, 5.74) is 0.407. The molecule has 2 heterocycles. The highest BCUT2D eigenvalue weighted by Crippen LogP contribution is 2.19. The predicted octanol–water partition coefficient (Wildman–Crippen LogP) is 2.78. The van der Waals surface area contributed by atoms with Gasteiger partial charge in [-0.2, -0.15) is 0 Å². The Morgan fingerprint density at radius 1 is 1.20 bits per heavy atom. The second-order valence-corrected chi connectivity index (χ2v) is 4.91. The van der Waals surface area contributed by atoms with Crippen LogP contribution in [0, 0.1) is 5.82 Å². The van der Waals surface area contributed by atoms with Crippen LogP contribution in [0.3, 0.4) is 0 Å². The molecule has 3 aromatic rings. The van der Waals surface area contributed by atoms with Gasteiger partial charge >= 0.3 is 0 Å². The zero-order valence-corrected chi connectivity index (χ0v) is 10.9. The highest BCUT2D eigenvalue weighted by Gasteiger charge is 2.08. The highest BCUT2D eigenvalue weighted by atomic mass is 32.1. The van der Waals surface area contributed by atoms with E-state index in [1.165, 1.54) is 23.5 Å². The SMILES string of the molecule is O=c1[nH]c(Nc2cccc(F)c2)nnc1-c1cccs1. The van der Waals surface area contributed by atoms with E-state index in [1.807, 2.05) is 11.4 Å². The summed E-state index contributed by atoms with van der Waals surface area (Å²) in [6.45, 7) is 0. The molecule has 2 aromatic heterocycles. The Morgan fingerprint density at radius 2 is 2.10 bits per heavy atom. The molecule has 0 aliphatic carbocycles. The van der Waals surface area contributed by atoms with Crippen LogP contribution in [0.15, 0.2) is 46.6 Å². The van der Waals surface area contributed by atoms with Gasteiger partial charge in [0, 0.05) is 5.69 Å². The summed E-state index contributed by atoms with van der Waals surface area (Å²) in [6.07, 6.45) is 0. The zero-order chi connectivity index (χ0) is 13.9. The number of aromatic nitrogens is 3. The van der Waals surface area contributed by atoms with Crippen LogP contribution in [0.25, 0.3) is 10.6 Å². The van der Waals surface area contributed by atoms with E-state index in [0.29, 0.717) is 5.69 Å². The Bertz CT molecular complexity index is 785. The lowest BCUT2D eigenvalue weighted by Gasteiger charge is -2.04. The standard InChI is InChI=1S/C13H9FN4OS/c14-8-3-1-4-9(7-8)15-13-16-12(19)11(17-18-13)10-5-2-6-20-10/h1-7H,(H2,15,16,18,19). The molecule has 0 spiro atoms. The van der Waals surface area contributed by atoms with Crippen LogP contribution < -0.4 is 10.9 Å². The van der Waals surface area contributed by atoms with Crippen molar-refractivity contribution in [2.45, 2.75) is 0 Å². The van der Waals surface area contributed by atoms with Crippen LogP contribution in [-0.2, 0) is 0 Å². The fraction of sp³-hybridized carbons (Fsp3) is 0. The lowest BCUT2D eigenvalue weighted by atomic mass is 10.3. The van der Waals surface area contributed by atoms with Crippen LogP contribution in [0.2, 0.25) is 0 Å². The smallest absolute Gasteiger partial charge is 0.280 e. The van der Waals surface area contributed by atoms with Crippen LogP contribution >= 0.6 is 11.3 Å². The van der Waals surface area contributed by atoms with Gasteiger partial charge in [-0.25, -0.2) is 4.39 Å². The molecule has 100 valence electrons. The fourth-order valence-electron chi connectivity index (χ4n) is 1.67. The van der Waals surface area contributed by atoms with Crippen LogP contribution in [0.5, 0.6) is 0 Å². The van der Waals surface area contributed by atoms with Crippen molar-refractivity contribution in [3.8, 4) is 10.6 Å². The summed E-state index contributed by atoms with van der Waals surface area (Å²) < 4.78 is 13.1. The van der Waals surface area contributed by atoms with Gasteiger partial charge in [-0.15, -0.1) is 21.5 Å². The number of nitrogens with one attached hydrogen (secondary N) is 2. The molecule has 7 heteroatoms.